The lowest BCUT2D eigenvalue weighted by Gasteiger charge is -2.31. The van der Waals surface area contributed by atoms with Crippen molar-refractivity contribution in [1.29, 1.82) is 0 Å². The second-order valence-corrected chi connectivity index (χ2v) is 6.37. The van der Waals surface area contributed by atoms with Crippen molar-refractivity contribution in [2.24, 2.45) is 5.73 Å². The Kier molecular flexibility index (Phi) is 5.40. The Labute approximate surface area is 146 Å². The largest absolute Gasteiger partial charge is 0.506 e. The molecule has 0 aliphatic carbocycles. The number of ether oxygens (including phenoxy) is 2. The summed E-state index contributed by atoms with van der Waals surface area (Å²) in [6.07, 6.45) is -0.667. The quantitative estimate of drug-likeness (QED) is 0.778. The zero-order valence-electron chi connectivity index (χ0n) is 14.0. The molecule has 1 aromatic rings. The maximum atomic E-state index is 12.1. The van der Waals surface area contributed by atoms with Gasteiger partial charge < -0.3 is 20.3 Å². The predicted octanol–water partition coefficient (Wildman–Crippen LogP) is 1.63. The fourth-order valence-corrected chi connectivity index (χ4v) is 3.28. The number of anilines is 1. The lowest BCUT2D eigenvalue weighted by atomic mass is 10.1. The van der Waals surface area contributed by atoms with Gasteiger partial charge in [-0.15, -0.1) is 0 Å². The van der Waals surface area contributed by atoms with Crippen LogP contribution in [0, 0.1) is 0 Å². The minimum Gasteiger partial charge on any atom is -0.450 e. The molecule has 0 unspecified atom stereocenters. The molecule has 1 atom stereocenters. The Balaban J connectivity index is 1.50. The van der Waals surface area contributed by atoms with Crippen molar-refractivity contribution in [2.45, 2.75) is 31.6 Å². The lowest BCUT2D eigenvalue weighted by Crippen LogP contribution is -2.42. The third-order valence-corrected chi connectivity index (χ3v) is 4.62. The van der Waals surface area contributed by atoms with E-state index in [9.17, 15) is 9.59 Å². The van der Waals surface area contributed by atoms with Gasteiger partial charge in [0.1, 0.15) is 12.2 Å². The monoisotopic (exact) mass is 349 g/mol. The van der Waals surface area contributed by atoms with E-state index in [1.165, 1.54) is 0 Å². The van der Waals surface area contributed by atoms with Crippen molar-refractivity contribution in [2.75, 3.05) is 31.1 Å². The van der Waals surface area contributed by atoms with E-state index in [1.807, 2.05) is 24.3 Å². The molecule has 2 aliphatic rings. The van der Waals surface area contributed by atoms with Crippen LogP contribution in [0.15, 0.2) is 24.3 Å². The minimum absolute atomic E-state index is 0.196. The van der Waals surface area contributed by atoms with Crippen molar-refractivity contribution in [3.05, 3.63) is 29.8 Å². The van der Waals surface area contributed by atoms with Crippen LogP contribution in [0.3, 0.4) is 0 Å². The molecule has 0 radical (unpaired) electrons. The Morgan fingerprint density at radius 2 is 1.96 bits per heavy atom. The van der Waals surface area contributed by atoms with Gasteiger partial charge in [0, 0.05) is 31.9 Å². The van der Waals surface area contributed by atoms with Crippen LogP contribution in [-0.2, 0) is 16.0 Å². The molecule has 25 heavy (non-hydrogen) atoms. The Bertz CT molecular complexity index is 613. The highest BCUT2D eigenvalue weighted by molar-refractivity contribution is 5.89. The van der Waals surface area contributed by atoms with Gasteiger partial charge in [0.2, 0.25) is 0 Å². The number of piperidine rings is 1. The van der Waals surface area contributed by atoms with Crippen molar-refractivity contribution in [3.8, 4) is 0 Å². The molecule has 2 saturated heterocycles. The highest BCUT2D eigenvalue weighted by Gasteiger charge is 2.34. The first kappa shape index (κ1) is 17.5. The van der Waals surface area contributed by atoms with Crippen molar-refractivity contribution >= 4 is 17.9 Å². The molecule has 0 aromatic heterocycles. The van der Waals surface area contributed by atoms with Crippen molar-refractivity contribution in [3.63, 3.8) is 0 Å². The maximum Gasteiger partial charge on any atom is 0.506 e. The number of benzene rings is 1. The number of carbonyl (C=O) groups excluding carboxylic acids is 1. The van der Waals surface area contributed by atoms with Crippen LogP contribution in [0.4, 0.5) is 15.3 Å². The fraction of sp³-hybridized carbons (Fsp3) is 0.529. The van der Waals surface area contributed by atoms with Gasteiger partial charge in [-0.3, -0.25) is 9.80 Å². The van der Waals surface area contributed by atoms with Crippen LogP contribution in [-0.4, -0.2) is 60.6 Å². The van der Waals surface area contributed by atoms with Crippen LogP contribution in [0.1, 0.15) is 18.4 Å². The SMILES string of the molecule is NCc1ccc(N2C[C@@H](CN3CCC(OC(=O)O)CC3)OC2=O)cc1. The molecule has 8 heteroatoms. The second-order valence-electron chi connectivity index (χ2n) is 6.37. The molecule has 8 nitrogen and oxygen atoms in total. The Hall–Kier alpha value is -2.32. The fourth-order valence-electron chi connectivity index (χ4n) is 3.28. The lowest BCUT2D eigenvalue weighted by molar-refractivity contribution is 0.0125. The zero-order chi connectivity index (χ0) is 17.8. The van der Waals surface area contributed by atoms with Crippen LogP contribution in [0.25, 0.3) is 0 Å². The number of nitrogens with two attached hydrogens (primary N) is 1. The summed E-state index contributed by atoms with van der Waals surface area (Å²) in [7, 11) is 0. The minimum atomic E-state index is -1.22. The molecular weight excluding hydrogens is 326 g/mol. The molecule has 0 bridgehead atoms. The number of rotatable bonds is 5. The van der Waals surface area contributed by atoms with Gasteiger partial charge in [-0.05, 0) is 30.5 Å². The molecular formula is C17H23N3O5. The summed E-state index contributed by atoms with van der Waals surface area (Å²) in [4.78, 5) is 26.5. The number of likely N-dealkylation sites (tertiary alicyclic amines) is 1. The standard InChI is InChI=1S/C17H23N3O5/c18-9-12-1-3-13(4-2-12)20-11-15(24-16(20)21)10-19-7-5-14(6-8-19)25-17(22)23/h1-4,14-15H,5-11,18H2,(H,22,23)/t15-/m1/s1. The topological polar surface area (TPSA) is 105 Å². The molecule has 2 aliphatic heterocycles. The maximum absolute atomic E-state index is 12.1. The summed E-state index contributed by atoms with van der Waals surface area (Å²) in [5.74, 6) is 0. The Morgan fingerprint density at radius 1 is 1.28 bits per heavy atom. The molecule has 1 aromatic carbocycles. The molecule has 3 N–H and O–H groups in total. The third-order valence-electron chi connectivity index (χ3n) is 4.62. The highest BCUT2D eigenvalue weighted by Crippen LogP contribution is 2.23. The summed E-state index contributed by atoms with van der Waals surface area (Å²) in [6, 6.07) is 7.56. The third kappa shape index (κ3) is 4.40. The summed E-state index contributed by atoms with van der Waals surface area (Å²) in [6.45, 7) is 3.08. The summed E-state index contributed by atoms with van der Waals surface area (Å²) >= 11 is 0. The van der Waals surface area contributed by atoms with Gasteiger partial charge in [-0.2, -0.15) is 0 Å². The summed E-state index contributed by atoms with van der Waals surface area (Å²) in [5, 5.41) is 8.66. The first-order valence-electron chi connectivity index (χ1n) is 8.44. The van der Waals surface area contributed by atoms with E-state index in [2.05, 4.69) is 4.90 Å². The van der Waals surface area contributed by atoms with Crippen LogP contribution < -0.4 is 10.6 Å². The van der Waals surface area contributed by atoms with Gasteiger partial charge in [0.15, 0.2) is 0 Å². The van der Waals surface area contributed by atoms with E-state index in [0.29, 0.717) is 32.5 Å². The number of hydrogen-bond donors (Lipinski definition) is 2. The van der Waals surface area contributed by atoms with Gasteiger partial charge in [-0.25, -0.2) is 9.59 Å². The summed E-state index contributed by atoms with van der Waals surface area (Å²) in [5.41, 5.74) is 7.41. The van der Waals surface area contributed by atoms with Crippen molar-refractivity contribution in [1.82, 2.24) is 4.90 Å². The van der Waals surface area contributed by atoms with Crippen LogP contribution in [0.5, 0.6) is 0 Å². The number of nitrogens with zero attached hydrogens (tertiary/aromatic N) is 2. The van der Waals surface area contributed by atoms with E-state index in [-0.39, 0.29) is 18.3 Å². The number of hydrogen-bond acceptors (Lipinski definition) is 6. The first-order valence-corrected chi connectivity index (χ1v) is 8.44. The van der Waals surface area contributed by atoms with Crippen LogP contribution >= 0.6 is 0 Å². The number of cyclic esters (lactones) is 1. The average molecular weight is 349 g/mol. The second kappa shape index (κ2) is 7.71. The van der Waals surface area contributed by atoms with E-state index >= 15 is 0 Å². The molecule has 0 saturated carbocycles. The van der Waals surface area contributed by atoms with E-state index in [1.54, 1.807) is 4.90 Å². The van der Waals surface area contributed by atoms with E-state index in [0.717, 1.165) is 24.3 Å². The number of carboxylic acid groups (broad SMARTS) is 1. The van der Waals surface area contributed by atoms with Gasteiger partial charge in [0.25, 0.3) is 0 Å². The van der Waals surface area contributed by atoms with Crippen LogP contribution in [0.2, 0.25) is 0 Å². The molecule has 2 heterocycles. The number of amides is 1. The zero-order valence-corrected chi connectivity index (χ0v) is 14.0. The number of carbonyl (C=O) groups is 2. The highest BCUT2D eigenvalue weighted by atomic mass is 16.7. The van der Waals surface area contributed by atoms with Crippen molar-refractivity contribution < 1.29 is 24.2 Å². The molecule has 0 spiro atoms. The van der Waals surface area contributed by atoms with E-state index < -0.39 is 6.16 Å². The predicted molar refractivity (Wildman–Crippen MR) is 90.5 cm³/mol. The smallest absolute Gasteiger partial charge is 0.450 e. The molecule has 136 valence electrons. The van der Waals surface area contributed by atoms with Gasteiger partial charge in [-0.1, -0.05) is 12.1 Å². The Morgan fingerprint density at radius 3 is 2.56 bits per heavy atom. The normalized spacial score (nSPS) is 22.0. The summed E-state index contributed by atoms with van der Waals surface area (Å²) < 4.78 is 10.3. The first-order chi connectivity index (χ1) is 12.0. The average Bonchev–Trinajstić information content (AvgIpc) is 2.96. The molecule has 1 amide bonds. The van der Waals surface area contributed by atoms with Gasteiger partial charge in [0.05, 0.1) is 6.54 Å². The molecule has 3 rings (SSSR count). The van der Waals surface area contributed by atoms with Gasteiger partial charge >= 0.3 is 12.2 Å². The van der Waals surface area contributed by atoms with E-state index in [4.69, 9.17) is 20.3 Å². The molecule has 2 fully saturated rings.